The lowest BCUT2D eigenvalue weighted by Crippen LogP contribution is -2.42. The second kappa shape index (κ2) is 5.30. The maximum Gasteiger partial charge on any atom is 0.329 e. The average molecular weight is 216 g/mol. The highest BCUT2D eigenvalue weighted by atomic mass is 16.5. The number of carboxylic acid groups (broad SMARTS) is 1. The summed E-state index contributed by atoms with van der Waals surface area (Å²) in [6, 6.07) is -0.404. The summed E-state index contributed by atoms with van der Waals surface area (Å²) in [5.41, 5.74) is 0. The average Bonchev–Trinajstić information content (AvgIpc) is 2.86. The van der Waals surface area contributed by atoms with Crippen LogP contribution < -0.4 is 10.6 Å². The van der Waals surface area contributed by atoms with Crippen molar-refractivity contribution in [1.29, 1.82) is 0 Å². The molecule has 0 aromatic heterocycles. The molecule has 1 aliphatic rings. The number of carbonyl (C=O) groups excluding carboxylic acids is 2. The Morgan fingerprint density at radius 1 is 1.27 bits per heavy atom. The Morgan fingerprint density at radius 2 is 1.93 bits per heavy atom. The molecular formula is C8H12N2O5. The zero-order valence-electron chi connectivity index (χ0n) is 7.99. The number of carboxylic acids is 1. The van der Waals surface area contributed by atoms with Crippen LogP contribution in [-0.4, -0.2) is 42.3 Å². The van der Waals surface area contributed by atoms with Gasteiger partial charge in [0.2, 0.25) is 0 Å². The molecule has 0 radical (unpaired) electrons. The maximum atomic E-state index is 11.0. The van der Waals surface area contributed by atoms with Gasteiger partial charge in [0.15, 0.2) is 0 Å². The zero-order chi connectivity index (χ0) is 11.3. The molecule has 0 aliphatic heterocycles. The summed E-state index contributed by atoms with van der Waals surface area (Å²) in [6.45, 7) is -0.998. The van der Waals surface area contributed by atoms with E-state index in [1.54, 1.807) is 0 Å². The summed E-state index contributed by atoms with van der Waals surface area (Å²) < 4.78 is 4.49. The number of ether oxygens (including phenoxy) is 1. The number of hydrogen-bond donors (Lipinski definition) is 3. The molecule has 7 heteroatoms. The maximum absolute atomic E-state index is 11.0. The second-order valence-corrected chi connectivity index (χ2v) is 3.18. The standard InChI is InChI=1S/C8H12N2O5/c11-6(3-15-4-7(12)13)10-8(14)9-5-1-2-5/h5H,1-4H2,(H,12,13)(H2,9,10,11,14). The summed E-state index contributed by atoms with van der Waals surface area (Å²) in [6.07, 6.45) is 1.86. The van der Waals surface area contributed by atoms with Crippen molar-refractivity contribution in [3.8, 4) is 0 Å². The van der Waals surface area contributed by atoms with Gasteiger partial charge in [-0.15, -0.1) is 0 Å². The van der Waals surface area contributed by atoms with Crippen molar-refractivity contribution >= 4 is 17.9 Å². The van der Waals surface area contributed by atoms with E-state index >= 15 is 0 Å². The smallest absolute Gasteiger partial charge is 0.329 e. The van der Waals surface area contributed by atoms with Crippen LogP contribution in [0, 0.1) is 0 Å². The molecule has 0 bridgehead atoms. The molecule has 0 spiro atoms. The highest BCUT2D eigenvalue weighted by Gasteiger charge is 2.23. The zero-order valence-corrected chi connectivity index (χ0v) is 7.99. The van der Waals surface area contributed by atoms with Crippen molar-refractivity contribution in [2.75, 3.05) is 13.2 Å². The Labute approximate surface area is 85.8 Å². The van der Waals surface area contributed by atoms with Gasteiger partial charge in [-0.1, -0.05) is 0 Å². The van der Waals surface area contributed by atoms with Gasteiger partial charge in [0.05, 0.1) is 0 Å². The number of hydrogen-bond acceptors (Lipinski definition) is 4. The van der Waals surface area contributed by atoms with E-state index in [1.165, 1.54) is 0 Å². The number of urea groups is 1. The van der Waals surface area contributed by atoms with Crippen LogP contribution in [0.1, 0.15) is 12.8 Å². The number of aliphatic carboxylic acids is 1. The van der Waals surface area contributed by atoms with E-state index in [4.69, 9.17) is 5.11 Å². The Kier molecular flexibility index (Phi) is 4.04. The van der Waals surface area contributed by atoms with Gasteiger partial charge in [-0.05, 0) is 12.8 Å². The van der Waals surface area contributed by atoms with E-state index in [1.807, 2.05) is 5.32 Å². The molecule has 1 aliphatic carbocycles. The number of rotatable bonds is 5. The summed E-state index contributed by atoms with van der Waals surface area (Å²) in [7, 11) is 0. The SMILES string of the molecule is O=C(O)COCC(=O)NC(=O)NC1CC1. The van der Waals surface area contributed by atoms with Crippen molar-refractivity contribution in [3.05, 3.63) is 0 Å². The number of carbonyl (C=O) groups is 3. The van der Waals surface area contributed by atoms with E-state index in [0.29, 0.717) is 0 Å². The highest BCUT2D eigenvalue weighted by molar-refractivity contribution is 5.95. The summed E-state index contributed by atoms with van der Waals surface area (Å²) in [5.74, 6) is -1.82. The summed E-state index contributed by atoms with van der Waals surface area (Å²) >= 11 is 0. The van der Waals surface area contributed by atoms with Crippen LogP contribution in [0.2, 0.25) is 0 Å². The molecular weight excluding hydrogens is 204 g/mol. The molecule has 0 aromatic carbocycles. The molecule has 0 atom stereocenters. The lowest BCUT2D eigenvalue weighted by atomic mass is 10.6. The lowest BCUT2D eigenvalue weighted by molar-refractivity contribution is -0.143. The van der Waals surface area contributed by atoms with E-state index in [0.717, 1.165) is 12.8 Å². The highest BCUT2D eigenvalue weighted by Crippen LogP contribution is 2.18. The quantitative estimate of drug-likeness (QED) is 0.551. The van der Waals surface area contributed by atoms with Gasteiger partial charge in [-0.2, -0.15) is 0 Å². The minimum absolute atomic E-state index is 0.165. The van der Waals surface area contributed by atoms with Crippen molar-refractivity contribution in [2.45, 2.75) is 18.9 Å². The predicted octanol–water partition coefficient (Wildman–Crippen LogP) is -0.924. The molecule has 1 rings (SSSR count). The van der Waals surface area contributed by atoms with Gasteiger partial charge in [0.1, 0.15) is 13.2 Å². The molecule has 7 nitrogen and oxygen atoms in total. The Bertz CT molecular complexity index is 274. The van der Waals surface area contributed by atoms with Crippen molar-refractivity contribution in [1.82, 2.24) is 10.6 Å². The predicted molar refractivity (Wildman–Crippen MR) is 48.2 cm³/mol. The molecule has 3 N–H and O–H groups in total. The number of imide groups is 1. The van der Waals surface area contributed by atoms with Crippen molar-refractivity contribution < 1.29 is 24.2 Å². The third kappa shape index (κ3) is 5.63. The number of amides is 3. The van der Waals surface area contributed by atoms with Crippen LogP contribution in [-0.2, 0) is 14.3 Å². The topological polar surface area (TPSA) is 105 Å². The lowest BCUT2D eigenvalue weighted by Gasteiger charge is -2.04. The van der Waals surface area contributed by atoms with Gasteiger partial charge in [-0.3, -0.25) is 10.1 Å². The first kappa shape index (κ1) is 11.4. The summed E-state index contributed by atoms with van der Waals surface area (Å²) in [4.78, 5) is 32.0. The first-order valence-electron chi connectivity index (χ1n) is 4.48. The van der Waals surface area contributed by atoms with Crippen LogP contribution >= 0.6 is 0 Å². The van der Waals surface area contributed by atoms with Crippen LogP contribution in [0.15, 0.2) is 0 Å². The van der Waals surface area contributed by atoms with Gasteiger partial charge < -0.3 is 15.2 Å². The third-order valence-electron chi connectivity index (χ3n) is 1.62. The number of nitrogens with one attached hydrogen (secondary N) is 2. The van der Waals surface area contributed by atoms with Gasteiger partial charge in [-0.25, -0.2) is 9.59 Å². The molecule has 84 valence electrons. The van der Waals surface area contributed by atoms with E-state index in [9.17, 15) is 14.4 Å². The minimum Gasteiger partial charge on any atom is -0.480 e. The second-order valence-electron chi connectivity index (χ2n) is 3.18. The van der Waals surface area contributed by atoms with Crippen molar-refractivity contribution in [3.63, 3.8) is 0 Å². The first-order valence-corrected chi connectivity index (χ1v) is 4.48. The fraction of sp³-hybridized carbons (Fsp3) is 0.625. The largest absolute Gasteiger partial charge is 0.480 e. The minimum atomic E-state index is -1.16. The van der Waals surface area contributed by atoms with Crippen LogP contribution in [0.5, 0.6) is 0 Å². The van der Waals surface area contributed by atoms with E-state index in [-0.39, 0.29) is 6.04 Å². The van der Waals surface area contributed by atoms with Crippen LogP contribution in [0.3, 0.4) is 0 Å². The van der Waals surface area contributed by atoms with Gasteiger partial charge in [0.25, 0.3) is 5.91 Å². The molecule has 1 fully saturated rings. The molecule has 0 unspecified atom stereocenters. The van der Waals surface area contributed by atoms with E-state index < -0.39 is 31.1 Å². The molecule has 0 saturated heterocycles. The Morgan fingerprint density at radius 3 is 2.47 bits per heavy atom. The molecule has 3 amide bonds. The third-order valence-corrected chi connectivity index (χ3v) is 1.62. The fourth-order valence-corrected chi connectivity index (χ4v) is 0.843. The molecule has 0 aromatic rings. The fourth-order valence-electron chi connectivity index (χ4n) is 0.843. The van der Waals surface area contributed by atoms with E-state index in [2.05, 4.69) is 10.1 Å². The first-order chi connectivity index (χ1) is 7.08. The normalized spacial score (nSPS) is 14.4. The molecule has 1 saturated carbocycles. The molecule has 15 heavy (non-hydrogen) atoms. The van der Waals surface area contributed by atoms with Gasteiger partial charge in [0, 0.05) is 6.04 Å². The van der Waals surface area contributed by atoms with Crippen molar-refractivity contribution in [2.24, 2.45) is 0 Å². The van der Waals surface area contributed by atoms with Crippen LogP contribution in [0.25, 0.3) is 0 Å². The Balaban J connectivity index is 2.06. The molecule has 0 heterocycles. The van der Waals surface area contributed by atoms with Crippen LogP contribution in [0.4, 0.5) is 4.79 Å². The monoisotopic (exact) mass is 216 g/mol. The van der Waals surface area contributed by atoms with Gasteiger partial charge >= 0.3 is 12.0 Å². The Hall–Kier alpha value is -1.63. The summed E-state index contributed by atoms with van der Waals surface area (Å²) in [5, 5.41) is 12.8.